The number of halogens is 3. The van der Waals surface area contributed by atoms with E-state index in [-0.39, 0.29) is 11.0 Å². The van der Waals surface area contributed by atoms with Gasteiger partial charge in [0.25, 0.3) is 0 Å². The van der Waals surface area contributed by atoms with Gasteiger partial charge in [-0.1, -0.05) is 30.3 Å². The fourth-order valence-corrected chi connectivity index (χ4v) is 3.46. The largest absolute Gasteiger partial charge is 0.449 e. The number of hydrogen-bond acceptors (Lipinski definition) is 2. The Morgan fingerprint density at radius 3 is 2.52 bits per heavy atom. The number of alkyl halides is 3. The van der Waals surface area contributed by atoms with Crippen LogP contribution in [-0.4, -0.2) is 26.6 Å². The third-order valence-corrected chi connectivity index (χ3v) is 4.79. The molecule has 1 amide bonds. The van der Waals surface area contributed by atoms with E-state index in [0.29, 0.717) is 19.5 Å². The average molecular weight is 400 g/mol. The van der Waals surface area contributed by atoms with Crippen LogP contribution < -0.4 is 5.32 Å². The Labute approximate surface area is 164 Å². The quantitative estimate of drug-likeness (QED) is 0.493. The Balaban J connectivity index is 1.39. The van der Waals surface area contributed by atoms with E-state index in [2.05, 4.69) is 14.9 Å². The number of hydrogen-bond donors (Lipinski definition) is 1. The van der Waals surface area contributed by atoms with E-state index in [4.69, 9.17) is 0 Å². The second-order valence-corrected chi connectivity index (χ2v) is 6.78. The van der Waals surface area contributed by atoms with Crippen LogP contribution in [0.25, 0.3) is 21.9 Å². The highest BCUT2D eigenvalue weighted by molar-refractivity contribution is 5.81. The molecule has 0 atom stereocenters. The van der Waals surface area contributed by atoms with E-state index in [0.717, 1.165) is 15.5 Å². The molecule has 0 spiro atoms. The fraction of sp³-hybridized carbons (Fsp3) is 0.238. The molecule has 0 saturated carbocycles. The topological polar surface area (TPSA) is 51.9 Å². The summed E-state index contributed by atoms with van der Waals surface area (Å²) in [5.41, 5.74) is 1.61. The molecule has 2 aromatic carbocycles. The van der Waals surface area contributed by atoms with Crippen LogP contribution in [0, 0.1) is 0 Å². The van der Waals surface area contributed by atoms with Crippen LogP contribution in [0.1, 0.15) is 12.2 Å². The third kappa shape index (κ3) is 3.96. The predicted octanol–water partition coefficient (Wildman–Crippen LogP) is 4.22. The van der Waals surface area contributed by atoms with Gasteiger partial charge in [-0.25, -0.2) is 4.98 Å². The molecule has 29 heavy (non-hydrogen) atoms. The van der Waals surface area contributed by atoms with Crippen molar-refractivity contribution >= 4 is 27.8 Å². The second kappa shape index (κ2) is 7.62. The molecule has 0 aliphatic carbocycles. The van der Waals surface area contributed by atoms with Crippen LogP contribution in [0.5, 0.6) is 0 Å². The van der Waals surface area contributed by atoms with Gasteiger partial charge in [-0.2, -0.15) is 13.2 Å². The molecule has 0 saturated heterocycles. The predicted molar refractivity (Wildman–Crippen MR) is 104 cm³/mol. The molecule has 8 heteroatoms. The lowest BCUT2D eigenvalue weighted by Crippen LogP contribution is -2.30. The summed E-state index contributed by atoms with van der Waals surface area (Å²) < 4.78 is 42.9. The third-order valence-electron chi connectivity index (χ3n) is 4.79. The van der Waals surface area contributed by atoms with E-state index in [1.54, 1.807) is 12.1 Å². The smallest absolute Gasteiger partial charge is 0.354 e. The Morgan fingerprint density at radius 2 is 1.72 bits per heavy atom. The molecule has 0 radical (unpaired) electrons. The number of carbonyl (C=O) groups is 1. The van der Waals surface area contributed by atoms with Crippen LogP contribution in [-0.2, 0) is 24.1 Å². The first kappa shape index (κ1) is 19.0. The second-order valence-electron chi connectivity index (χ2n) is 6.78. The Morgan fingerprint density at radius 1 is 1.00 bits per heavy atom. The summed E-state index contributed by atoms with van der Waals surface area (Å²) in [5.74, 6) is -1.54. The highest BCUT2D eigenvalue weighted by atomic mass is 19.4. The van der Waals surface area contributed by atoms with E-state index < -0.39 is 24.5 Å². The highest BCUT2D eigenvalue weighted by Crippen LogP contribution is 2.31. The first-order chi connectivity index (χ1) is 13.9. The van der Waals surface area contributed by atoms with Gasteiger partial charge in [0.1, 0.15) is 6.54 Å². The van der Waals surface area contributed by atoms with Gasteiger partial charge in [0, 0.05) is 24.8 Å². The van der Waals surface area contributed by atoms with Gasteiger partial charge in [0.05, 0.1) is 11.0 Å². The van der Waals surface area contributed by atoms with Crippen molar-refractivity contribution in [1.82, 2.24) is 19.4 Å². The summed E-state index contributed by atoms with van der Waals surface area (Å²) in [6, 6.07) is 16.3. The minimum atomic E-state index is -4.63. The van der Waals surface area contributed by atoms with Crippen molar-refractivity contribution in [2.24, 2.45) is 0 Å². The van der Waals surface area contributed by atoms with E-state index in [9.17, 15) is 18.0 Å². The first-order valence-corrected chi connectivity index (χ1v) is 9.26. The van der Waals surface area contributed by atoms with E-state index in [1.165, 1.54) is 12.1 Å². The summed E-state index contributed by atoms with van der Waals surface area (Å²) in [4.78, 5) is 15.9. The average Bonchev–Trinajstić information content (AvgIpc) is 3.27. The number of carbonyl (C=O) groups excluding carboxylic acids is 1. The van der Waals surface area contributed by atoms with Crippen molar-refractivity contribution in [2.45, 2.75) is 25.7 Å². The minimum Gasteiger partial charge on any atom is -0.354 e. The maximum atomic E-state index is 13.3. The van der Waals surface area contributed by atoms with Gasteiger partial charge in [0.2, 0.25) is 11.7 Å². The van der Waals surface area contributed by atoms with Gasteiger partial charge >= 0.3 is 6.18 Å². The molecule has 4 aromatic rings. The van der Waals surface area contributed by atoms with Gasteiger partial charge in [-0.3, -0.25) is 4.79 Å². The number of para-hydroxylation sites is 3. The van der Waals surface area contributed by atoms with Gasteiger partial charge < -0.3 is 14.5 Å². The lowest BCUT2D eigenvalue weighted by Gasteiger charge is -2.12. The van der Waals surface area contributed by atoms with Crippen LogP contribution >= 0.6 is 0 Å². The lowest BCUT2D eigenvalue weighted by molar-refractivity contribution is -0.147. The number of aromatic nitrogens is 3. The number of imidazole rings is 1. The maximum absolute atomic E-state index is 13.3. The summed E-state index contributed by atoms with van der Waals surface area (Å²) in [6.07, 6.45) is -1.98. The molecule has 0 bridgehead atoms. The minimum absolute atomic E-state index is 0.215. The number of nitrogens with one attached hydrogen (secondary N) is 1. The van der Waals surface area contributed by atoms with Crippen LogP contribution in [0.3, 0.4) is 0 Å². The molecule has 0 fully saturated rings. The number of benzene rings is 2. The molecule has 0 aliphatic heterocycles. The standard InChI is InChI=1S/C21H19F3N4O/c22-21(23,24)20-26-16-7-2-4-9-18(16)28(20)14-19(29)25-11-5-12-27-13-10-15-6-1-3-8-17(15)27/h1-4,6-10,13H,5,11-12,14H2,(H,25,29). The first-order valence-electron chi connectivity index (χ1n) is 9.26. The summed E-state index contributed by atoms with van der Waals surface area (Å²) >= 11 is 0. The number of aryl methyl sites for hydroxylation is 1. The summed E-state index contributed by atoms with van der Waals surface area (Å²) in [6.45, 7) is 0.650. The SMILES string of the molecule is O=C(Cn1c(C(F)(F)F)nc2ccccc21)NCCCn1ccc2ccccc21. The molecular weight excluding hydrogens is 381 g/mol. The van der Waals surface area contributed by atoms with Crippen LogP contribution in [0.15, 0.2) is 60.8 Å². The Hall–Kier alpha value is -3.29. The zero-order chi connectivity index (χ0) is 20.4. The normalized spacial score (nSPS) is 12.0. The van der Waals surface area contributed by atoms with E-state index in [1.807, 2.05) is 36.5 Å². The van der Waals surface area contributed by atoms with Crippen molar-refractivity contribution in [1.29, 1.82) is 0 Å². The molecular formula is C21H19F3N4O. The van der Waals surface area contributed by atoms with Gasteiger partial charge in [0.15, 0.2) is 0 Å². The van der Waals surface area contributed by atoms with Crippen molar-refractivity contribution in [3.8, 4) is 0 Å². The molecule has 0 aliphatic rings. The van der Waals surface area contributed by atoms with Gasteiger partial charge in [-0.05, 0) is 36.1 Å². The van der Waals surface area contributed by atoms with Crippen LogP contribution in [0.2, 0.25) is 0 Å². The Bertz CT molecular complexity index is 1160. The molecule has 1 N–H and O–H groups in total. The molecule has 2 heterocycles. The maximum Gasteiger partial charge on any atom is 0.449 e. The van der Waals surface area contributed by atoms with Crippen molar-refractivity contribution in [2.75, 3.05) is 6.54 Å². The number of fused-ring (bicyclic) bond motifs is 2. The number of amides is 1. The monoisotopic (exact) mass is 400 g/mol. The number of nitrogens with zero attached hydrogens (tertiary/aromatic N) is 3. The summed E-state index contributed by atoms with van der Waals surface area (Å²) in [5, 5.41) is 3.85. The molecule has 5 nitrogen and oxygen atoms in total. The van der Waals surface area contributed by atoms with Crippen molar-refractivity contribution in [3.05, 3.63) is 66.6 Å². The fourth-order valence-electron chi connectivity index (χ4n) is 3.46. The van der Waals surface area contributed by atoms with E-state index >= 15 is 0 Å². The number of rotatable bonds is 6. The molecule has 150 valence electrons. The van der Waals surface area contributed by atoms with Gasteiger partial charge in [-0.15, -0.1) is 0 Å². The lowest BCUT2D eigenvalue weighted by atomic mass is 10.2. The Kier molecular flexibility index (Phi) is 5.00. The molecule has 4 rings (SSSR count). The van der Waals surface area contributed by atoms with Crippen molar-refractivity contribution in [3.63, 3.8) is 0 Å². The van der Waals surface area contributed by atoms with Crippen molar-refractivity contribution < 1.29 is 18.0 Å². The summed E-state index contributed by atoms with van der Waals surface area (Å²) in [7, 11) is 0. The molecule has 2 aromatic heterocycles. The zero-order valence-electron chi connectivity index (χ0n) is 15.5. The zero-order valence-corrected chi connectivity index (χ0v) is 15.5. The molecule has 0 unspecified atom stereocenters. The highest BCUT2D eigenvalue weighted by Gasteiger charge is 2.37. The van der Waals surface area contributed by atoms with Crippen LogP contribution in [0.4, 0.5) is 13.2 Å².